The van der Waals surface area contributed by atoms with Crippen LogP contribution in [0.2, 0.25) is 10.0 Å². The molecule has 5 nitrogen and oxygen atoms in total. The molecule has 0 atom stereocenters. The lowest BCUT2D eigenvalue weighted by Crippen LogP contribution is -2.31. The SMILES string of the molecule is CN(CCS(C)(=O)=O)C(=O)c1cc(Cl)c(N)c(Cl)c1. The molecule has 0 aromatic heterocycles. The molecule has 0 heterocycles. The number of nitrogens with zero attached hydrogens (tertiary/aromatic N) is 1. The third kappa shape index (κ3) is 4.56. The number of hydrogen-bond donors (Lipinski definition) is 1. The third-order valence-corrected chi connectivity index (χ3v) is 4.02. The number of nitrogens with two attached hydrogens (primary N) is 1. The first-order valence-electron chi connectivity index (χ1n) is 5.29. The molecule has 8 heteroatoms. The van der Waals surface area contributed by atoms with E-state index in [4.69, 9.17) is 28.9 Å². The summed E-state index contributed by atoms with van der Waals surface area (Å²) in [6.45, 7) is 0.0945. The van der Waals surface area contributed by atoms with E-state index in [9.17, 15) is 13.2 Å². The summed E-state index contributed by atoms with van der Waals surface area (Å²) >= 11 is 11.7. The highest BCUT2D eigenvalue weighted by molar-refractivity contribution is 7.90. The van der Waals surface area contributed by atoms with Crippen LogP contribution >= 0.6 is 23.2 Å². The largest absolute Gasteiger partial charge is 0.396 e. The van der Waals surface area contributed by atoms with Crippen molar-refractivity contribution in [3.05, 3.63) is 27.7 Å². The molecule has 1 aromatic rings. The van der Waals surface area contributed by atoms with Crippen LogP contribution in [-0.4, -0.2) is 44.8 Å². The highest BCUT2D eigenvalue weighted by Crippen LogP contribution is 2.29. The normalized spacial score (nSPS) is 11.4. The Morgan fingerprint density at radius 1 is 1.32 bits per heavy atom. The molecule has 0 saturated heterocycles. The number of rotatable bonds is 4. The average molecular weight is 325 g/mol. The summed E-state index contributed by atoms with van der Waals surface area (Å²) in [5.41, 5.74) is 6.05. The second-order valence-corrected chi connectivity index (χ2v) is 7.28. The van der Waals surface area contributed by atoms with Gasteiger partial charge in [-0.2, -0.15) is 0 Å². The highest BCUT2D eigenvalue weighted by Gasteiger charge is 2.16. The van der Waals surface area contributed by atoms with Crippen molar-refractivity contribution >= 4 is 44.6 Å². The molecule has 0 aliphatic carbocycles. The number of anilines is 1. The molecule has 0 radical (unpaired) electrons. The first-order valence-corrected chi connectivity index (χ1v) is 8.11. The summed E-state index contributed by atoms with van der Waals surface area (Å²) in [6, 6.07) is 2.81. The fraction of sp³-hybridized carbons (Fsp3) is 0.364. The zero-order chi connectivity index (χ0) is 14.8. The van der Waals surface area contributed by atoms with E-state index in [-0.39, 0.29) is 39.5 Å². The van der Waals surface area contributed by atoms with E-state index in [1.807, 2.05) is 0 Å². The molecule has 106 valence electrons. The summed E-state index contributed by atoms with van der Waals surface area (Å²) in [6.07, 6.45) is 1.11. The number of amides is 1. The Morgan fingerprint density at radius 2 is 1.79 bits per heavy atom. The quantitative estimate of drug-likeness (QED) is 0.854. The van der Waals surface area contributed by atoms with Crippen LogP contribution in [0, 0.1) is 0 Å². The van der Waals surface area contributed by atoms with Crippen molar-refractivity contribution in [3.8, 4) is 0 Å². The second kappa shape index (κ2) is 5.98. The van der Waals surface area contributed by atoms with Crippen molar-refractivity contribution in [3.63, 3.8) is 0 Å². The van der Waals surface area contributed by atoms with Crippen LogP contribution in [0.1, 0.15) is 10.4 Å². The van der Waals surface area contributed by atoms with Gasteiger partial charge in [-0.15, -0.1) is 0 Å². The van der Waals surface area contributed by atoms with Crippen LogP contribution < -0.4 is 5.73 Å². The van der Waals surface area contributed by atoms with Gasteiger partial charge >= 0.3 is 0 Å². The number of halogens is 2. The molecule has 0 aliphatic heterocycles. The molecule has 0 saturated carbocycles. The fourth-order valence-electron chi connectivity index (χ4n) is 1.33. The molecular formula is C11H14Cl2N2O3S. The summed E-state index contributed by atoms with van der Waals surface area (Å²) in [5.74, 6) is -0.474. The Bertz CT molecular complexity index is 579. The molecule has 1 amide bonds. The molecule has 1 aromatic carbocycles. The van der Waals surface area contributed by atoms with Crippen molar-refractivity contribution in [2.75, 3.05) is 31.3 Å². The van der Waals surface area contributed by atoms with Gasteiger partial charge in [0.25, 0.3) is 5.91 Å². The molecule has 0 bridgehead atoms. The predicted octanol–water partition coefficient (Wildman–Crippen LogP) is 1.69. The Labute approximate surface area is 122 Å². The summed E-state index contributed by atoms with van der Waals surface area (Å²) < 4.78 is 22.1. The molecule has 19 heavy (non-hydrogen) atoms. The Morgan fingerprint density at radius 3 is 2.21 bits per heavy atom. The van der Waals surface area contributed by atoms with Gasteiger partial charge < -0.3 is 10.6 Å². The van der Waals surface area contributed by atoms with E-state index < -0.39 is 9.84 Å². The van der Waals surface area contributed by atoms with Gasteiger partial charge in [-0.25, -0.2) is 8.42 Å². The lowest BCUT2D eigenvalue weighted by atomic mass is 10.2. The van der Waals surface area contributed by atoms with E-state index in [1.54, 1.807) is 0 Å². The van der Waals surface area contributed by atoms with Crippen LogP contribution in [0.5, 0.6) is 0 Å². The van der Waals surface area contributed by atoms with Crippen molar-refractivity contribution in [2.45, 2.75) is 0 Å². The number of benzene rings is 1. The zero-order valence-corrected chi connectivity index (χ0v) is 12.8. The predicted molar refractivity (Wildman–Crippen MR) is 77.5 cm³/mol. The minimum atomic E-state index is -3.12. The van der Waals surface area contributed by atoms with E-state index >= 15 is 0 Å². The van der Waals surface area contributed by atoms with Gasteiger partial charge in [0.2, 0.25) is 0 Å². The van der Waals surface area contributed by atoms with Gasteiger partial charge in [0.1, 0.15) is 9.84 Å². The van der Waals surface area contributed by atoms with Gasteiger partial charge in [0.05, 0.1) is 21.5 Å². The number of hydrogen-bond acceptors (Lipinski definition) is 4. The van der Waals surface area contributed by atoms with Gasteiger partial charge in [0, 0.05) is 25.4 Å². The number of carbonyl (C=O) groups excluding carboxylic acids is 1. The molecule has 0 fully saturated rings. The third-order valence-electron chi connectivity index (χ3n) is 2.47. The molecule has 0 aliphatic rings. The smallest absolute Gasteiger partial charge is 0.253 e. The first-order chi connectivity index (χ1) is 8.61. The zero-order valence-electron chi connectivity index (χ0n) is 10.5. The fourth-order valence-corrected chi connectivity index (χ4v) is 2.43. The Kier molecular flexibility index (Phi) is 5.06. The minimum Gasteiger partial charge on any atom is -0.396 e. The first kappa shape index (κ1) is 16.1. The van der Waals surface area contributed by atoms with Crippen LogP contribution in [0.4, 0.5) is 5.69 Å². The molecule has 0 unspecified atom stereocenters. The lowest BCUT2D eigenvalue weighted by Gasteiger charge is -2.17. The molecule has 1 rings (SSSR count). The highest BCUT2D eigenvalue weighted by atomic mass is 35.5. The van der Waals surface area contributed by atoms with Crippen LogP contribution in [0.15, 0.2) is 12.1 Å². The number of sulfone groups is 1. The maximum Gasteiger partial charge on any atom is 0.253 e. The average Bonchev–Trinajstić information content (AvgIpc) is 2.30. The maximum atomic E-state index is 12.1. The molecule has 0 spiro atoms. The second-order valence-electron chi connectivity index (χ2n) is 4.21. The van der Waals surface area contributed by atoms with E-state index in [0.29, 0.717) is 0 Å². The summed E-state index contributed by atoms with van der Waals surface area (Å²) in [4.78, 5) is 13.3. The molecular weight excluding hydrogens is 311 g/mol. The van der Waals surface area contributed by atoms with E-state index in [2.05, 4.69) is 0 Å². The monoisotopic (exact) mass is 324 g/mol. The van der Waals surface area contributed by atoms with Crippen LogP contribution in [-0.2, 0) is 9.84 Å². The van der Waals surface area contributed by atoms with Crippen molar-refractivity contribution in [1.29, 1.82) is 0 Å². The van der Waals surface area contributed by atoms with Crippen molar-refractivity contribution < 1.29 is 13.2 Å². The van der Waals surface area contributed by atoms with E-state index in [1.165, 1.54) is 24.1 Å². The number of carbonyl (C=O) groups is 1. The summed E-state index contributed by atoms with van der Waals surface area (Å²) in [5, 5.41) is 0.375. The van der Waals surface area contributed by atoms with Gasteiger partial charge in [-0.3, -0.25) is 4.79 Å². The van der Waals surface area contributed by atoms with Gasteiger partial charge in [0.15, 0.2) is 0 Å². The summed E-state index contributed by atoms with van der Waals surface area (Å²) in [7, 11) is -1.62. The Hall–Kier alpha value is -0.980. The number of nitrogen functional groups attached to an aromatic ring is 1. The van der Waals surface area contributed by atoms with Gasteiger partial charge in [-0.1, -0.05) is 23.2 Å². The standard InChI is InChI=1S/C11H14Cl2N2O3S/c1-15(3-4-19(2,17)18)11(16)7-5-8(12)10(14)9(13)6-7/h5-6H,3-4,14H2,1-2H3. The van der Waals surface area contributed by atoms with Crippen LogP contribution in [0.25, 0.3) is 0 Å². The molecule has 2 N–H and O–H groups in total. The minimum absolute atomic E-state index is 0.0945. The van der Waals surface area contributed by atoms with Crippen molar-refractivity contribution in [2.24, 2.45) is 0 Å². The Balaban J connectivity index is 2.89. The van der Waals surface area contributed by atoms with E-state index in [0.717, 1.165) is 6.26 Å². The topological polar surface area (TPSA) is 80.5 Å². The van der Waals surface area contributed by atoms with Crippen molar-refractivity contribution in [1.82, 2.24) is 4.90 Å². The maximum absolute atomic E-state index is 12.1. The van der Waals surface area contributed by atoms with Gasteiger partial charge in [-0.05, 0) is 12.1 Å². The van der Waals surface area contributed by atoms with Crippen LogP contribution in [0.3, 0.4) is 0 Å². The lowest BCUT2D eigenvalue weighted by molar-refractivity contribution is 0.0803.